The van der Waals surface area contributed by atoms with Gasteiger partial charge in [0, 0.05) is 26.2 Å². The van der Waals surface area contributed by atoms with Gasteiger partial charge in [-0.25, -0.2) is 8.42 Å². The van der Waals surface area contributed by atoms with Crippen LogP contribution in [0.5, 0.6) is 5.75 Å². The number of benzene rings is 2. The molecule has 1 N–H and O–H groups in total. The van der Waals surface area contributed by atoms with Gasteiger partial charge in [-0.05, 0) is 44.2 Å². The molecule has 184 valence electrons. The molecule has 0 saturated carbocycles. The monoisotopic (exact) mass is 489 g/mol. The maximum absolute atomic E-state index is 13.2. The van der Waals surface area contributed by atoms with Gasteiger partial charge < -0.3 is 24.4 Å². The van der Waals surface area contributed by atoms with Crippen molar-refractivity contribution in [3.05, 3.63) is 48.0 Å². The summed E-state index contributed by atoms with van der Waals surface area (Å²) in [5, 5.41) is 2.90. The van der Waals surface area contributed by atoms with E-state index in [9.17, 15) is 13.2 Å². The predicted molar refractivity (Wildman–Crippen MR) is 129 cm³/mol. The van der Waals surface area contributed by atoms with Crippen molar-refractivity contribution >= 4 is 27.3 Å². The molecule has 0 spiro atoms. The number of nitrogens with one attached hydrogen (secondary N) is 1. The molecule has 2 saturated heterocycles. The van der Waals surface area contributed by atoms with Crippen LogP contribution in [-0.2, 0) is 24.3 Å². The van der Waals surface area contributed by atoms with Crippen molar-refractivity contribution in [1.29, 1.82) is 0 Å². The van der Waals surface area contributed by atoms with Gasteiger partial charge in [-0.15, -0.1) is 0 Å². The zero-order valence-electron chi connectivity index (χ0n) is 19.5. The van der Waals surface area contributed by atoms with Crippen molar-refractivity contribution in [3.63, 3.8) is 0 Å². The molecule has 2 aliphatic heterocycles. The summed E-state index contributed by atoms with van der Waals surface area (Å²) >= 11 is 0. The van der Waals surface area contributed by atoms with E-state index in [0.717, 1.165) is 11.3 Å². The zero-order valence-corrected chi connectivity index (χ0v) is 20.3. The normalized spacial score (nSPS) is 18.4. The van der Waals surface area contributed by atoms with Gasteiger partial charge in [0.05, 0.1) is 42.7 Å². The van der Waals surface area contributed by atoms with Gasteiger partial charge in [-0.3, -0.25) is 4.79 Å². The Morgan fingerprint density at radius 1 is 0.971 bits per heavy atom. The fraction of sp³-hybridized carbons (Fsp3) is 0.458. The summed E-state index contributed by atoms with van der Waals surface area (Å²) in [5.41, 5.74) is 2.28. The topological polar surface area (TPSA) is 97.4 Å². The van der Waals surface area contributed by atoms with Gasteiger partial charge >= 0.3 is 0 Å². The van der Waals surface area contributed by atoms with Gasteiger partial charge in [0.15, 0.2) is 6.10 Å². The van der Waals surface area contributed by atoms with Crippen molar-refractivity contribution in [2.75, 3.05) is 62.8 Å². The molecule has 1 amide bonds. The highest BCUT2D eigenvalue weighted by atomic mass is 32.2. The number of anilines is 2. The molecule has 2 aromatic carbocycles. The fourth-order valence-electron chi connectivity index (χ4n) is 3.90. The Balaban J connectivity index is 1.59. The van der Waals surface area contributed by atoms with Gasteiger partial charge in [-0.2, -0.15) is 4.31 Å². The minimum Gasteiger partial charge on any atom is -0.481 e. The first-order chi connectivity index (χ1) is 16.3. The molecular formula is C24H31N3O6S. The van der Waals surface area contributed by atoms with Crippen LogP contribution in [0, 0.1) is 6.92 Å². The predicted octanol–water partition coefficient (Wildman–Crippen LogP) is 2.26. The summed E-state index contributed by atoms with van der Waals surface area (Å²) in [6.45, 7) is 7.39. The quantitative estimate of drug-likeness (QED) is 0.637. The van der Waals surface area contributed by atoms with Crippen LogP contribution in [0.4, 0.5) is 11.4 Å². The molecule has 4 rings (SSSR count). The van der Waals surface area contributed by atoms with Crippen LogP contribution >= 0.6 is 0 Å². The van der Waals surface area contributed by atoms with E-state index in [1.54, 1.807) is 19.1 Å². The number of amides is 1. The number of carbonyl (C=O) groups is 1. The van der Waals surface area contributed by atoms with E-state index >= 15 is 0 Å². The molecule has 2 aromatic rings. The lowest BCUT2D eigenvalue weighted by Crippen LogP contribution is -2.41. The first-order valence-electron chi connectivity index (χ1n) is 11.4. The number of aryl methyl sites for hydroxylation is 1. The molecule has 0 aliphatic carbocycles. The molecule has 1 unspecified atom stereocenters. The summed E-state index contributed by atoms with van der Waals surface area (Å²) in [7, 11) is -3.71. The molecule has 2 heterocycles. The van der Waals surface area contributed by atoms with Crippen LogP contribution in [0.15, 0.2) is 47.4 Å². The molecule has 34 heavy (non-hydrogen) atoms. The van der Waals surface area contributed by atoms with Gasteiger partial charge in [0.2, 0.25) is 10.0 Å². The first kappa shape index (κ1) is 24.5. The number of morpholine rings is 2. The van der Waals surface area contributed by atoms with Crippen molar-refractivity contribution in [3.8, 4) is 5.75 Å². The summed E-state index contributed by atoms with van der Waals surface area (Å²) in [5.74, 6) is 0.223. The van der Waals surface area contributed by atoms with E-state index in [4.69, 9.17) is 14.2 Å². The zero-order chi connectivity index (χ0) is 24.1. The smallest absolute Gasteiger partial charge is 0.265 e. The fourth-order valence-corrected chi connectivity index (χ4v) is 5.34. The van der Waals surface area contributed by atoms with Crippen LogP contribution < -0.4 is 15.0 Å². The first-order valence-corrected chi connectivity index (χ1v) is 12.9. The maximum atomic E-state index is 13.2. The number of carbonyl (C=O) groups excluding carboxylic acids is 1. The van der Waals surface area contributed by atoms with Crippen molar-refractivity contribution in [2.24, 2.45) is 0 Å². The van der Waals surface area contributed by atoms with Crippen LogP contribution in [0.2, 0.25) is 0 Å². The van der Waals surface area contributed by atoms with E-state index in [1.165, 1.54) is 10.4 Å². The van der Waals surface area contributed by atoms with Gasteiger partial charge in [0.1, 0.15) is 5.75 Å². The second kappa shape index (κ2) is 10.7. The van der Waals surface area contributed by atoms with E-state index in [1.807, 2.05) is 31.2 Å². The van der Waals surface area contributed by atoms with E-state index in [2.05, 4.69) is 10.2 Å². The second-order valence-electron chi connectivity index (χ2n) is 8.36. The lowest BCUT2D eigenvalue weighted by molar-refractivity contribution is -0.122. The minimum absolute atomic E-state index is 0.133. The van der Waals surface area contributed by atoms with E-state index < -0.39 is 16.1 Å². The number of hydrogen-bond donors (Lipinski definition) is 1. The Morgan fingerprint density at radius 3 is 2.24 bits per heavy atom. The minimum atomic E-state index is -3.71. The standard InChI is InChI=1S/C24H31N3O6S/c1-18-3-5-20(6-4-18)33-19(2)24(28)25-22-17-21(34(29,30)27-11-15-32-16-12-27)7-8-23(22)26-9-13-31-14-10-26/h3-8,17,19H,9-16H2,1-2H3,(H,25,28). The van der Waals surface area contributed by atoms with Crippen molar-refractivity contribution < 1.29 is 27.4 Å². The Morgan fingerprint density at radius 2 is 1.59 bits per heavy atom. The molecule has 1 atom stereocenters. The third kappa shape index (κ3) is 5.69. The third-order valence-electron chi connectivity index (χ3n) is 5.89. The number of sulfonamides is 1. The molecular weight excluding hydrogens is 458 g/mol. The summed E-state index contributed by atoms with van der Waals surface area (Å²) < 4.78 is 44.4. The van der Waals surface area contributed by atoms with Crippen LogP contribution in [-0.4, -0.2) is 77.3 Å². The average molecular weight is 490 g/mol. The number of rotatable bonds is 7. The largest absolute Gasteiger partial charge is 0.481 e. The number of hydrogen-bond acceptors (Lipinski definition) is 7. The summed E-state index contributed by atoms with van der Waals surface area (Å²) in [6.07, 6.45) is -0.778. The van der Waals surface area contributed by atoms with Gasteiger partial charge in [0.25, 0.3) is 5.91 Å². The SMILES string of the molecule is Cc1ccc(OC(C)C(=O)Nc2cc(S(=O)(=O)N3CCOCC3)ccc2N2CCOCC2)cc1. The molecule has 2 aliphatic rings. The highest BCUT2D eigenvalue weighted by Gasteiger charge is 2.28. The molecule has 9 nitrogen and oxygen atoms in total. The summed E-state index contributed by atoms with van der Waals surface area (Å²) in [4.78, 5) is 15.2. The highest BCUT2D eigenvalue weighted by molar-refractivity contribution is 7.89. The Bertz CT molecular complexity index is 1090. The Kier molecular flexibility index (Phi) is 7.72. The van der Waals surface area contributed by atoms with Gasteiger partial charge in [-0.1, -0.05) is 17.7 Å². The molecule has 10 heteroatoms. The highest BCUT2D eigenvalue weighted by Crippen LogP contribution is 2.31. The lowest BCUT2D eigenvalue weighted by Gasteiger charge is -2.31. The van der Waals surface area contributed by atoms with Crippen molar-refractivity contribution in [1.82, 2.24) is 4.31 Å². The molecule has 0 bridgehead atoms. The average Bonchev–Trinajstić information content (AvgIpc) is 2.86. The molecule has 0 radical (unpaired) electrons. The van der Waals surface area contributed by atoms with Crippen LogP contribution in [0.1, 0.15) is 12.5 Å². The summed E-state index contributed by atoms with van der Waals surface area (Å²) in [6, 6.07) is 12.3. The van der Waals surface area contributed by atoms with Crippen molar-refractivity contribution in [2.45, 2.75) is 24.8 Å². The molecule has 2 fully saturated rings. The number of nitrogens with zero attached hydrogens (tertiary/aromatic N) is 2. The molecule has 0 aromatic heterocycles. The van der Waals surface area contributed by atoms with Crippen LogP contribution in [0.3, 0.4) is 0 Å². The van der Waals surface area contributed by atoms with Crippen LogP contribution in [0.25, 0.3) is 0 Å². The third-order valence-corrected chi connectivity index (χ3v) is 7.78. The Hall–Kier alpha value is -2.66. The lowest BCUT2D eigenvalue weighted by atomic mass is 10.2. The Labute approximate surface area is 200 Å². The van der Waals surface area contributed by atoms with E-state index in [0.29, 0.717) is 64.0 Å². The maximum Gasteiger partial charge on any atom is 0.265 e. The second-order valence-corrected chi connectivity index (χ2v) is 10.3. The number of ether oxygens (including phenoxy) is 3. The van der Waals surface area contributed by atoms with E-state index in [-0.39, 0.29) is 10.8 Å².